The first-order valence-electron chi connectivity index (χ1n) is 5.86. The monoisotopic (exact) mass is 340 g/mol. The topological polar surface area (TPSA) is 20.2 Å². The summed E-state index contributed by atoms with van der Waals surface area (Å²) in [5, 5.41) is 10.1. The second-order valence-electron chi connectivity index (χ2n) is 4.23. The van der Waals surface area contributed by atoms with Crippen molar-refractivity contribution in [2.45, 2.75) is 17.4 Å². The van der Waals surface area contributed by atoms with Crippen molar-refractivity contribution in [3.63, 3.8) is 0 Å². The first kappa shape index (κ1) is 14.6. The number of aliphatic hydroxyl groups excluding tert-OH is 1. The van der Waals surface area contributed by atoms with E-state index in [9.17, 15) is 9.50 Å². The summed E-state index contributed by atoms with van der Waals surface area (Å²) in [4.78, 5) is 1.14. The molecule has 1 atom stereocenters. The highest BCUT2D eigenvalue weighted by Gasteiger charge is 2.12. The Labute approximate surface area is 125 Å². The highest BCUT2D eigenvalue weighted by atomic mass is 79.9. The van der Waals surface area contributed by atoms with Crippen molar-refractivity contribution in [2.75, 3.05) is 6.26 Å². The van der Waals surface area contributed by atoms with Crippen LogP contribution in [0.25, 0.3) is 0 Å². The normalized spacial score (nSPS) is 12.4. The molecule has 2 aromatic carbocycles. The van der Waals surface area contributed by atoms with Gasteiger partial charge in [0, 0.05) is 15.8 Å². The van der Waals surface area contributed by atoms with Crippen molar-refractivity contribution >= 4 is 27.7 Å². The van der Waals surface area contributed by atoms with Crippen LogP contribution in [-0.2, 0) is 6.42 Å². The summed E-state index contributed by atoms with van der Waals surface area (Å²) in [5.41, 5.74) is 1.32. The number of aliphatic hydroxyl groups is 1. The number of hydrogen-bond acceptors (Lipinski definition) is 2. The lowest BCUT2D eigenvalue weighted by Crippen LogP contribution is -2.03. The van der Waals surface area contributed by atoms with Gasteiger partial charge in [-0.3, -0.25) is 0 Å². The van der Waals surface area contributed by atoms with Crippen molar-refractivity contribution in [1.82, 2.24) is 0 Å². The minimum Gasteiger partial charge on any atom is -0.388 e. The third-order valence-corrected chi connectivity index (χ3v) is 4.17. The van der Waals surface area contributed by atoms with Crippen LogP contribution in [0.5, 0.6) is 0 Å². The van der Waals surface area contributed by atoms with Gasteiger partial charge in [-0.05, 0) is 41.6 Å². The second-order valence-corrected chi connectivity index (χ2v) is 6.02. The van der Waals surface area contributed by atoms with Gasteiger partial charge in [0.15, 0.2) is 0 Å². The molecule has 0 spiro atoms. The molecular formula is C15H14BrFOS. The fourth-order valence-corrected chi connectivity index (χ4v) is 2.58. The third-order valence-electron chi connectivity index (χ3n) is 2.93. The zero-order chi connectivity index (χ0) is 13.8. The van der Waals surface area contributed by atoms with E-state index >= 15 is 0 Å². The first-order chi connectivity index (χ1) is 9.10. The highest BCUT2D eigenvalue weighted by Crippen LogP contribution is 2.24. The summed E-state index contributed by atoms with van der Waals surface area (Å²) in [6.45, 7) is 0. The molecule has 1 N–H and O–H groups in total. The van der Waals surface area contributed by atoms with Crippen LogP contribution < -0.4 is 0 Å². The van der Waals surface area contributed by atoms with Gasteiger partial charge < -0.3 is 5.11 Å². The van der Waals surface area contributed by atoms with E-state index in [-0.39, 0.29) is 12.2 Å². The minimum absolute atomic E-state index is 0.276. The van der Waals surface area contributed by atoms with Crippen molar-refractivity contribution in [3.05, 3.63) is 63.9 Å². The predicted octanol–water partition coefficient (Wildman–Crippen LogP) is 4.59. The van der Waals surface area contributed by atoms with Gasteiger partial charge >= 0.3 is 0 Å². The SMILES string of the molecule is CSc1ccc(C(O)Cc2ccc(Br)cc2F)cc1. The van der Waals surface area contributed by atoms with Crippen LogP contribution in [0.4, 0.5) is 4.39 Å². The van der Waals surface area contributed by atoms with E-state index in [1.807, 2.05) is 30.5 Å². The van der Waals surface area contributed by atoms with Crippen LogP contribution in [0.2, 0.25) is 0 Å². The van der Waals surface area contributed by atoms with E-state index in [1.54, 1.807) is 23.9 Å². The summed E-state index contributed by atoms with van der Waals surface area (Å²) in [7, 11) is 0. The number of rotatable bonds is 4. The summed E-state index contributed by atoms with van der Waals surface area (Å²) in [5.74, 6) is -0.297. The maximum Gasteiger partial charge on any atom is 0.127 e. The highest BCUT2D eigenvalue weighted by molar-refractivity contribution is 9.10. The lowest BCUT2D eigenvalue weighted by molar-refractivity contribution is 0.177. The van der Waals surface area contributed by atoms with Gasteiger partial charge in [0.1, 0.15) is 5.82 Å². The zero-order valence-corrected chi connectivity index (χ0v) is 12.8. The van der Waals surface area contributed by atoms with E-state index in [2.05, 4.69) is 15.9 Å². The van der Waals surface area contributed by atoms with Crippen molar-refractivity contribution in [1.29, 1.82) is 0 Å². The lowest BCUT2D eigenvalue weighted by atomic mass is 10.0. The van der Waals surface area contributed by atoms with E-state index in [0.29, 0.717) is 10.0 Å². The van der Waals surface area contributed by atoms with Crippen LogP contribution in [0.15, 0.2) is 51.8 Å². The third kappa shape index (κ3) is 3.81. The Hall–Kier alpha value is -0.840. The molecule has 1 nitrogen and oxygen atoms in total. The molecule has 0 fully saturated rings. The van der Waals surface area contributed by atoms with Gasteiger partial charge in [0.2, 0.25) is 0 Å². The predicted molar refractivity (Wildman–Crippen MR) is 81.0 cm³/mol. The van der Waals surface area contributed by atoms with E-state index in [4.69, 9.17) is 0 Å². The molecule has 0 radical (unpaired) electrons. The molecule has 19 heavy (non-hydrogen) atoms. The molecule has 0 amide bonds. The summed E-state index contributed by atoms with van der Waals surface area (Å²) in [6.07, 6.45) is 1.59. The van der Waals surface area contributed by atoms with E-state index < -0.39 is 6.10 Å². The average molecular weight is 341 g/mol. The van der Waals surface area contributed by atoms with Gasteiger partial charge in [0.25, 0.3) is 0 Å². The molecule has 4 heteroatoms. The smallest absolute Gasteiger partial charge is 0.127 e. The molecule has 0 saturated heterocycles. The Morgan fingerprint density at radius 3 is 2.47 bits per heavy atom. The average Bonchev–Trinajstić information content (AvgIpc) is 2.42. The van der Waals surface area contributed by atoms with Gasteiger partial charge in [-0.1, -0.05) is 34.1 Å². The summed E-state index contributed by atoms with van der Waals surface area (Å²) in [6, 6.07) is 12.6. The molecule has 2 aromatic rings. The van der Waals surface area contributed by atoms with E-state index in [1.165, 1.54) is 6.07 Å². The fourth-order valence-electron chi connectivity index (χ4n) is 1.84. The minimum atomic E-state index is -0.688. The summed E-state index contributed by atoms with van der Waals surface area (Å²) >= 11 is 4.87. The molecule has 100 valence electrons. The molecule has 0 aliphatic carbocycles. The number of halogens is 2. The molecule has 0 aliphatic rings. The molecule has 1 unspecified atom stereocenters. The number of hydrogen-bond donors (Lipinski definition) is 1. The Kier molecular flexibility index (Phi) is 5.02. The van der Waals surface area contributed by atoms with Crippen LogP contribution >= 0.6 is 27.7 Å². The largest absolute Gasteiger partial charge is 0.388 e. The lowest BCUT2D eigenvalue weighted by Gasteiger charge is -2.12. The number of thioether (sulfide) groups is 1. The molecule has 0 saturated carbocycles. The van der Waals surface area contributed by atoms with Crippen LogP contribution in [0.1, 0.15) is 17.2 Å². The molecule has 0 bridgehead atoms. The second kappa shape index (κ2) is 6.55. The fraction of sp³-hybridized carbons (Fsp3) is 0.200. The van der Waals surface area contributed by atoms with Gasteiger partial charge in [-0.25, -0.2) is 4.39 Å². The first-order valence-corrected chi connectivity index (χ1v) is 7.88. The van der Waals surface area contributed by atoms with Crippen LogP contribution in [0, 0.1) is 5.82 Å². The molecular weight excluding hydrogens is 327 g/mol. The van der Waals surface area contributed by atoms with Crippen LogP contribution in [-0.4, -0.2) is 11.4 Å². The Balaban J connectivity index is 2.13. The Morgan fingerprint density at radius 2 is 1.89 bits per heavy atom. The maximum atomic E-state index is 13.7. The molecule has 0 aliphatic heterocycles. The zero-order valence-electron chi connectivity index (χ0n) is 10.4. The van der Waals surface area contributed by atoms with E-state index in [0.717, 1.165) is 10.5 Å². The van der Waals surface area contributed by atoms with Crippen molar-refractivity contribution in [3.8, 4) is 0 Å². The van der Waals surface area contributed by atoms with Crippen LogP contribution in [0.3, 0.4) is 0 Å². The molecule has 0 heterocycles. The van der Waals surface area contributed by atoms with Crippen molar-refractivity contribution in [2.24, 2.45) is 0 Å². The number of benzene rings is 2. The van der Waals surface area contributed by atoms with Gasteiger partial charge in [0.05, 0.1) is 6.10 Å². The van der Waals surface area contributed by atoms with Gasteiger partial charge in [-0.15, -0.1) is 11.8 Å². The standard InChI is InChI=1S/C15H14BrFOS/c1-19-13-6-3-10(4-7-13)15(18)8-11-2-5-12(16)9-14(11)17/h2-7,9,15,18H,8H2,1H3. The van der Waals surface area contributed by atoms with Crippen molar-refractivity contribution < 1.29 is 9.50 Å². The Morgan fingerprint density at radius 1 is 1.21 bits per heavy atom. The van der Waals surface area contributed by atoms with Gasteiger partial charge in [-0.2, -0.15) is 0 Å². The molecule has 2 rings (SSSR count). The quantitative estimate of drug-likeness (QED) is 0.821. The Bertz CT molecular complexity index is 557. The summed E-state index contributed by atoms with van der Waals surface area (Å²) < 4.78 is 14.4. The molecule has 0 aromatic heterocycles. The maximum absolute atomic E-state index is 13.7.